The second-order valence-electron chi connectivity index (χ2n) is 7.80. The number of para-hydroxylation sites is 1. The van der Waals surface area contributed by atoms with E-state index in [1.807, 2.05) is 24.3 Å². The molecule has 1 atom stereocenters. The number of methoxy groups -OCH3 is 1. The number of fused-ring (bicyclic) bond motifs is 2. The lowest BCUT2D eigenvalue weighted by molar-refractivity contribution is -0.123. The van der Waals surface area contributed by atoms with Crippen LogP contribution in [0.1, 0.15) is 11.1 Å². The Labute approximate surface area is 195 Å². The Bertz CT molecular complexity index is 1220. The number of nitrogens with zero attached hydrogens (tertiary/aromatic N) is 2. The van der Waals surface area contributed by atoms with Crippen molar-refractivity contribution < 1.29 is 18.7 Å². The fourth-order valence-corrected chi connectivity index (χ4v) is 5.85. The predicted octanol–water partition coefficient (Wildman–Crippen LogP) is 4.81. The standard InChI is InChI=1S/C25H22FN3O3S/c1-32-19-12-10-18(11-13-19)27-24(31)29-14-15-33-25(29)20-7-3-5-9-22(20)28(23(25)30)16-17-6-2-4-8-21(17)26/h2-13H,14-16H2,1H3,(H,27,31)/t25-/m1/s1. The fraction of sp³-hybridized carbons (Fsp3) is 0.200. The number of amides is 3. The molecule has 0 aliphatic carbocycles. The molecule has 168 valence electrons. The molecule has 0 unspecified atom stereocenters. The van der Waals surface area contributed by atoms with E-state index < -0.39 is 4.87 Å². The van der Waals surface area contributed by atoms with Gasteiger partial charge >= 0.3 is 6.03 Å². The van der Waals surface area contributed by atoms with Gasteiger partial charge in [-0.3, -0.25) is 9.69 Å². The van der Waals surface area contributed by atoms with E-state index in [4.69, 9.17) is 4.74 Å². The number of urea groups is 1. The molecular weight excluding hydrogens is 441 g/mol. The molecule has 6 nitrogen and oxygen atoms in total. The number of hydrogen-bond acceptors (Lipinski definition) is 4. The molecule has 5 rings (SSSR count). The second kappa shape index (κ2) is 8.44. The molecule has 3 aromatic rings. The number of hydrogen-bond donors (Lipinski definition) is 1. The molecule has 0 saturated carbocycles. The van der Waals surface area contributed by atoms with E-state index in [-0.39, 0.29) is 24.3 Å². The highest BCUT2D eigenvalue weighted by molar-refractivity contribution is 8.01. The molecule has 8 heteroatoms. The van der Waals surface area contributed by atoms with Crippen LogP contribution in [-0.2, 0) is 16.2 Å². The van der Waals surface area contributed by atoms with Crippen LogP contribution in [0.5, 0.6) is 5.75 Å². The molecule has 33 heavy (non-hydrogen) atoms. The maximum Gasteiger partial charge on any atom is 0.323 e. The van der Waals surface area contributed by atoms with E-state index in [1.54, 1.807) is 59.4 Å². The Morgan fingerprint density at radius 3 is 2.58 bits per heavy atom. The zero-order chi connectivity index (χ0) is 23.0. The van der Waals surface area contributed by atoms with E-state index in [2.05, 4.69) is 5.32 Å². The summed E-state index contributed by atoms with van der Waals surface area (Å²) >= 11 is 1.43. The van der Waals surface area contributed by atoms with Gasteiger partial charge in [-0.2, -0.15) is 0 Å². The zero-order valence-electron chi connectivity index (χ0n) is 18.0. The zero-order valence-corrected chi connectivity index (χ0v) is 18.8. The average molecular weight is 464 g/mol. The van der Waals surface area contributed by atoms with Crippen LogP contribution in [0.25, 0.3) is 0 Å². The van der Waals surface area contributed by atoms with Crippen molar-refractivity contribution in [2.24, 2.45) is 0 Å². The van der Waals surface area contributed by atoms with Crippen LogP contribution in [0.4, 0.5) is 20.6 Å². The van der Waals surface area contributed by atoms with Gasteiger partial charge < -0.3 is 15.0 Å². The Hall–Kier alpha value is -3.52. The normalized spacial score (nSPS) is 19.2. The molecular formula is C25H22FN3O3S. The van der Waals surface area contributed by atoms with Gasteiger partial charge in [0.05, 0.1) is 19.3 Å². The van der Waals surface area contributed by atoms with Crippen molar-refractivity contribution >= 4 is 35.1 Å². The van der Waals surface area contributed by atoms with Crippen molar-refractivity contribution in [2.45, 2.75) is 11.4 Å². The van der Waals surface area contributed by atoms with Gasteiger partial charge in [-0.25, -0.2) is 9.18 Å². The number of carbonyl (C=O) groups is 2. The molecule has 3 aromatic carbocycles. The van der Waals surface area contributed by atoms with Crippen LogP contribution < -0.4 is 15.0 Å². The number of rotatable bonds is 4. The molecule has 1 spiro atoms. The molecule has 1 saturated heterocycles. The van der Waals surface area contributed by atoms with Crippen LogP contribution in [0, 0.1) is 5.82 Å². The minimum absolute atomic E-state index is 0.0960. The highest BCUT2D eigenvalue weighted by Gasteiger charge is 2.59. The van der Waals surface area contributed by atoms with Crippen LogP contribution >= 0.6 is 11.8 Å². The Morgan fingerprint density at radius 1 is 1.09 bits per heavy atom. The first-order valence-corrected chi connectivity index (χ1v) is 11.5. The van der Waals surface area contributed by atoms with E-state index in [0.29, 0.717) is 35.0 Å². The lowest BCUT2D eigenvalue weighted by atomic mass is 10.1. The summed E-state index contributed by atoms with van der Waals surface area (Å²) < 4.78 is 19.6. The van der Waals surface area contributed by atoms with Crippen LogP contribution in [0.15, 0.2) is 72.8 Å². The summed E-state index contributed by atoms with van der Waals surface area (Å²) in [6.07, 6.45) is 0. The molecule has 0 bridgehead atoms. The monoisotopic (exact) mass is 463 g/mol. The van der Waals surface area contributed by atoms with Crippen molar-refractivity contribution in [1.29, 1.82) is 0 Å². The Morgan fingerprint density at radius 2 is 1.82 bits per heavy atom. The maximum absolute atomic E-state index is 14.4. The maximum atomic E-state index is 14.4. The summed E-state index contributed by atoms with van der Waals surface area (Å²) in [6, 6.07) is 20.5. The molecule has 3 amide bonds. The first kappa shape index (κ1) is 21.3. The van der Waals surface area contributed by atoms with Gasteiger partial charge in [-0.15, -0.1) is 11.8 Å². The summed E-state index contributed by atoms with van der Waals surface area (Å²) in [5, 5.41) is 2.90. The molecule has 1 fully saturated rings. The lowest BCUT2D eigenvalue weighted by Gasteiger charge is -2.33. The van der Waals surface area contributed by atoms with Gasteiger partial charge in [0.25, 0.3) is 5.91 Å². The lowest BCUT2D eigenvalue weighted by Crippen LogP contribution is -2.51. The number of nitrogens with one attached hydrogen (secondary N) is 1. The predicted molar refractivity (Wildman–Crippen MR) is 127 cm³/mol. The number of halogens is 1. The first-order chi connectivity index (χ1) is 16.0. The van der Waals surface area contributed by atoms with Crippen molar-refractivity contribution in [3.05, 3.63) is 89.7 Å². The topological polar surface area (TPSA) is 61.9 Å². The molecule has 0 aromatic heterocycles. The summed E-state index contributed by atoms with van der Waals surface area (Å²) in [7, 11) is 1.58. The van der Waals surface area contributed by atoms with Gasteiger partial charge in [-0.1, -0.05) is 36.4 Å². The number of benzene rings is 3. The Balaban J connectivity index is 1.48. The number of ether oxygens (including phenoxy) is 1. The highest BCUT2D eigenvalue weighted by Crippen LogP contribution is 2.54. The first-order valence-electron chi connectivity index (χ1n) is 10.6. The number of carbonyl (C=O) groups excluding carboxylic acids is 2. The van der Waals surface area contributed by atoms with E-state index >= 15 is 0 Å². The quantitative estimate of drug-likeness (QED) is 0.603. The third-order valence-electron chi connectivity index (χ3n) is 5.97. The van der Waals surface area contributed by atoms with E-state index in [1.165, 1.54) is 17.8 Å². The van der Waals surface area contributed by atoms with Crippen molar-refractivity contribution in [3.8, 4) is 5.75 Å². The smallest absolute Gasteiger partial charge is 0.323 e. The average Bonchev–Trinajstić information content (AvgIpc) is 3.38. The number of anilines is 2. The van der Waals surface area contributed by atoms with Crippen molar-refractivity contribution in [1.82, 2.24) is 4.90 Å². The molecule has 0 radical (unpaired) electrons. The summed E-state index contributed by atoms with van der Waals surface area (Å²) in [6.45, 7) is 0.513. The third kappa shape index (κ3) is 3.51. The second-order valence-corrected chi connectivity index (χ2v) is 9.09. The van der Waals surface area contributed by atoms with Gasteiger partial charge in [0, 0.05) is 29.1 Å². The third-order valence-corrected chi connectivity index (χ3v) is 7.39. The largest absolute Gasteiger partial charge is 0.497 e. The van der Waals surface area contributed by atoms with Crippen LogP contribution in [0.3, 0.4) is 0 Å². The van der Waals surface area contributed by atoms with E-state index in [9.17, 15) is 14.0 Å². The molecule has 2 aliphatic rings. The number of thioether (sulfide) groups is 1. The van der Waals surface area contributed by atoms with Crippen LogP contribution in [-0.4, -0.2) is 36.2 Å². The highest BCUT2D eigenvalue weighted by atomic mass is 32.2. The van der Waals surface area contributed by atoms with Gasteiger partial charge in [0.15, 0.2) is 4.87 Å². The van der Waals surface area contributed by atoms with Crippen LogP contribution in [0.2, 0.25) is 0 Å². The van der Waals surface area contributed by atoms with Crippen molar-refractivity contribution in [3.63, 3.8) is 0 Å². The SMILES string of the molecule is COc1ccc(NC(=O)N2CCS[C@]23C(=O)N(Cc2ccccc2F)c2ccccc23)cc1. The molecule has 2 heterocycles. The molecule has 1 N–H and O–H groups in total. The summed E-state index contributed by atoms with van der Waals surface area (Å²) in [5.41, 5.74) is 2.48. The minimum atomic E-state index is -1.18. The van der Waals surface area contributed by atoms with Crippen molar-refractivity contribution in [2.75, 3.05) is 29.6 Å². The van der Waals surface area contributed by atoms with Gasteiger partial charge in [-0.05, 0) is 36.4 Å². The Kier molecular flexibility index (Phi) is 5.46. The fourth-order valence-electron chi connectivity index (χ4n) is 4.39. The minimum Gasteiger partial charge on any atom is -0.497 e. The van der Waals surface area contributed by atoms with Gasteiger partial charge in [0.2, 0.25) is 0 Å². The summed E-state index contributed by atoms with van der Waals surface area (Å²) in [5.74, 6) is 0.699. The summed E-state index contributed by atoms with van der Waals surface area (Å²) in [4.78, 5) is 29.2. The van der Waals surface area contributed by atoms with Gasteiger partial charge in [0.1, 0.15) is 11.6 Å². The molecule has 2 aliphatic heterocycles. The van der Waals surface area contributed by atoms with E-state index in [0.717, 1.165) is 5.56 Å².